The first-order valence-corrected chi connectivity index (χ1v) is 8.54. The molecule has 1 heterocycles. The van der Waals surface area contributed by atoms with Crippen LogP contribution in [0.15, 0.2) is 60.9 Å². The van der Waals surface area contributed by atoms with Gasteiger partial charge in [0, 0.05) is 36.3 Å². The highest BCUT2D eigenvalue weighted by Gasteiger charge is 2.18. The third-order valence-corrected chi connectivity index (χ3v) is 4.10. The van der Waals surface area contributed by atoms with Crippen LogP contribution in [0.5, 0.6) is 5.75 Å². The molecule has 0 saturated heterocycles. The number of halogens is 1. The minimum atomic E-state index is -0.806. The molecule has 0 atom stereocenters. The van der Waals surface area contributed by atoms with Gasteiger partial charge in [0.25, 0.3) is 11.6 Å². The number of aromatic nitrogens is 1. The summed E-state index contributed by atoms with van der Waals surface area (Å²) < 4.78 is 18.6. The van der Waals surface area contributed by atoms with E-state index >= 15 is 0 Å². The molecule has 0 saturated carbocycles. The highest BCUT2D eigenvalue weighted by atomic mass is 19.1. The number of carbonyl (C=O) groups is 1. The highest BCUT2D eigenvalue weighted by molar-refractivity contribution is 6.04. The average molecular weight is 396 g/mol. The molecule has 1 amide bonds. The molecule has 2 aromatic carbocycles. The second-order valence-electron chi connectivity index (χ2n) is 6.00. The van der Waals surface area contributed by atoms with Gasteiger partial charge in [0.15, 0.2) is 11.6 Å². The Hall–Kier alpha value is -4.01. The summed E-state index contributed by atoms with van der Waals surface area (Å²) in [6.45, 7) is 0.258. The maximum absolute atomic E-state index is 13.7. The Labute approximate surface area is 165 Å². The van der Waals surface area contributed by atoms with Crippen molar-refractivity contribution < 1.29 is 18.8 Å². The molecule has 0 fully saturated rings. The standard InChI is InChI=1S/C20H17FN4O4/c1-29-19-11-17(18(25(27)28)10-16(19)21)23-12-13-2-4-15(5-3-13)24-20(26)14-6-8-22-9-7-14/h2-11,23H,12H2,1H3,(H,24,26). The van der Waals surface area contributed by atoms with Gasteiger partial charge in [-0.3, -0.25) is 19.9 Å². The van der Waals surface area contributed by atoms with Gasteiger partial charge < -0.3 is 15.4 Å². The topological polar surface area (TPSA) is 106 Å². The van der Waals surface area contributed by atoms with Gasteiger partial charge in [0.05, 0.1) is 18.1 Å². The second-order valence-corrected chi connectivity index (χ2v) is 6.00. The van der Waals surface area contributed by atoms with Gasteiger partial charge in [0.2, 0.25) is 0 Å². The molecule has 29 heavy (non-hydrogen) atoms. The smallest absolute Gasteiger partial charge is 0.295 e. The zero-order valence-corrected chi connectivity index (χ0v) is 15.4. The Kier molecular flexibility index (Phi) is 5.98. The minimum absolute atomic E-state index is 0.0905. The van der Waals surface area contributed by atoms with Crippen molar-refractivity contribution in [3.8, 4) is 5.75 Å². The molecule has 2 N–H and O–H groups in total. The first-order chi connectivity index (χ1) is 14.0. The summed E-state index contributed by atoms with van der Waals surface area (Å²) in [5.41, 5.74) is 1.66. The number of nitro benzene ring substituents is 1. The van der Waals surface area contributed by atoms with Gasteiger partial charge in [-0.1, -0.05) is 12.1 Å². The number of benzene rings is 2. The Morgan fingerprint density at radius 2 is 1.86 bits per heavy atom. The Balaban J connectivity index is 1.68. The predicted molar refractivity (Wildman–Crippen MR) is 106 cm³/mol. The summed E-state index contributed by atoms with van der Waals surface area (Å²) in [4.78, 5) is 26.5. The Bertz CT molecular complexity index is 1030. The van der Waals surface area contributed by atoms with E-state index in [1.165, 1.54) is 25.6 Å². The van der Waals surface area contributed by atoms with Crippen LogP contribution >= 0.6 is 0 Å². The molecule has 0 aliphatic heterocycles. The Morgan fingerprint density at radius 3 is 2.48 bits per heavy atom. The maximum atomic E-state index is 13.7. The third kappa shape index (κ3) is 4.83. The number of nitro groups is 1. The lowest BCUT2D eigenvalue weighted by molar-refractivity contribution is -0.384. The van der Waals surface area contributed by atoms with Gasteiger partial charge in [-0.05, 0) is 29.8 Å². The normalized spacial score (nSPS) is 10.3. The zero-order chi connectivity index (χ0) is 20.8. The van der Waals surface area contributed by atoms with Crippen molar-refractivity contribution in [3.05, 3.63) is 88.0 Å². The van der Waals surface area contributed by atoms with Crippen LogP contribution in [0.25, 0.3) is 0 Å². The minimum Gasteiger partial charge on any atom is -0.494 e. The molecule has 0 aliphatic rings. The lowest BCUT2D eigenvalue weighted by Gasteiger charge is -2.11. The largest absolute Gasteiger partial charge is 0.494 e. The quantitative estimate of drug-likeness (QED) is 0.462. The Morgan fingerprint density at radius 1 is 1.17 bits per heavy atom. The summed E-state index contributed by atoms with van der Waals surface area (Å²) in [7, 11) is 1.28. The van der Waals surface area contributed by atoms with Gasteiger partial charge in [-0.2, -0.15) is 0 Å². The number of anilines is 2. The summed E-state index contributed by atoms with van der Waals surface area (Å²) >= 11 is 0. The zero-order valence-electron chi connectivity index (χ0n) is 15.4. The van der Waals surface area contributed by atoms with Crippen molar-refractivity contribution in [1.82, 2.24) is 4.98 Å². The number of methoxy groups -OCH3 is 1. The number of hydrogen-bond acceptors (Lipinski definition) is 6. The number of amides is 1. The van der Waals surface area contributed by atoms with Crippen molar-refractivity contribution in [3.63, 3.8) is 0 Å². The molecule has 0 spiro atoms. The van der Waals surface area contributed by atoms with Crippen LogP contribution in [0.4, 0.5) is 21.5 Å². The van der Waals surface area contributed by atoms with Crippen molar-refractivity contribution in [2.24, 2.45) is 0 Å². The molecule has 0 radical (unpaired) electrons. The van der Waals surface area contributed by atoms with Crippen molar-refractivity contribution in [2.75, 3.05) is 17.7 Å². The first kappa shape index (κ1) is 19.7. The molecular weight excluding hydrogens is 379 g/mol. The van der Waals surface area contributed by atoms with Crippen LogP contribution in [-0.2, 0) is 6.54 Å². The van der Waals surface area contributed by atoms with E-state index in [2.05, 4.69) is 15.6 Å². The third-order valence-electron chi connectivity index (χ3n) is 4.10. The van der Waals surface area contributed by atoms with Crippen LogP contribution in [0, 0.1) is 15.9 Å². The number of rotatable bonds is 7. The molecular formula is C20H17FN4O4. The summed E-state index contributed by atoms with van der Waals surface area (Å²) in [6.07, 6.45) is 3.07. The van der Waals surface area contributed by atoms with E-state index in [1.807, 2.05) is 0 Å². The van der Waals surface area contributed by atoms with Gasteiger partial charge in [0.1, 0.15) is 5.69 Å². The first-order valence-electron chi connectivity index (χ1n) is 8.54. The molecule has 3 aromatic rings. The van der Waals surface area contributed by atoms with E-state index in [9.17, 15) is 19.3 Å². The van der Waals surface area contributed by atoms with Gasteiger partial charge >= 0.3 is 0 Å². The molecule has 1 aromatic heterocycles. The fraction of sp³-hybridized carbons (Fsp3) is 0.100. The fourth-order valence-electron chi connectivity index (χ4n) is 2.60. The average Bonchev–Trinajstić information content (AvgIpc) is 2.74. The number of carbonyl (C=O) groups excluding carboxylic acids is 1. The number of hydrogen-bond donors (Lipinski definition) is 2. The van der Waals surface area contributed by atoms with Crippen LogP contribution in [0.1, 0.15) is 15.9 Å². The lowest BCUT2D eigenvalue weighted by atomic mass is 10.1. The summed E-state index contributed by atoms with van der Waals surface area (Å²) in [5.74, 6) is -1.15. The number of nitrogens with zero attached hydrogens (tertiary/aromatic N) is 2. The maximum Gasteiger partial charge on any atom is 0.295 e. The summed E-state index contributed by atoms with van der Waals surface area (Å²) in [6, 6.07) is 12.2. The molecule has 3 rings (SSSR count). The van der Waals surface area contributed by atoms with E-state index in [0.29, 0.717) is 11.3 Å². The fourth-order valence-corrected chi connectivity index (χ4v) is 2.60. The van der Waals surface area contributed by atoms with E-state index in [4.69, 9.17) is 4.74 Å². The van der Waals surface area contributed by atoms with E-state index in [0.717, 1.165) is 11.6 Å². The molecule has 8 nitrogen and oxygen atoms in total. The van der Waals surface area contributed by atoms with E-state index < -0.39 is 10.7 Å². The van der Waals surface area contributed by atoms with E-state index in [1.54, 1.807) is 36.4 Å². The van der Waals surface area contributed by atoms with E-state index in [-0.39, 0.29) is 29.6 Å². The number of pyridine rings is 1. The monoisotopic (exact) mass is 396 g/mol. The second kappa shape index (κ2) is 8.79. The summed E-state index contributed by atoms with van der Waals surface area (Å²) in [5, 5.41) is 16.8. The van der Waals surface area contributed by atoms with Crippen LogP contribution < -0.4 is 15.4 Å². The van der Waals surface area contributed by atoms with Crippen molar-refractivity contribution >= 4 is 23.0 Å². The SMILES string of the molecule is COc1cc(NCc2ccc(NC(=O)c3ccncc3)cc2)c([N+](=O)[O-])cc1F. The van der Waals surface area contributed by atoms with Gasteiger partial charge in [-0.15, -0.1) is 0 Å². The van der Waals surface area contributed by atoms with Crippen molar-refractivity contribution in [2.45, 2.75) is 6.54 Å². The molecule has 0 aliphatic carbocycles. The molecule has 0 unspecified atom stereocenters. The molecule has 0 bridgehead atoms. The van der Waals surface area contributed by atoms with Crippen LogP contribution in [-0.4, -0.2) is 22.9 Å². The van der Waals surface area contributed by atoms with Gasteiger partial charge in [-0.25, -0.2) is 4.39 Å². The van der Waals surface area contributed by atoms with Crippen LogP contribution in [0.3, 0.4) is 0 Å². The van der Waals surface area contributed by atoms with Crippen molar-refractivity contribution in [1.29, 1.82) is 0 Å². The lowest BCUT2D eigenvalue weighted by Crippen LogP contribution is -2.11. The molecule has 148 valence electrons. The number of nitrogens with one attached hydrogen (secondary N) is 2. The number of ether oxygens (including phenoxy) is 1. The molecule has 9 heteroatoms. The van der Waals surface area contributed by atoms with Crippen LogP contribution in [0.2, 0.25) is 0 Å². The highest BCUT2D eigenvalue weighted by Crippen LogP contribution is 2.32. The predicted octanol–water partition coefficient (Wildman–Crippen LogP) is 4.00.